The van der Waals surface area contributed by atoms with Crippen molar-refractivity contribution >= 4 is 17.2 Å². The largest absolute Gasteiger partial charge is 0.378 e. The molecular weight excluding hydrogens is 258 g/mol. The molecule has 0 aliphatic carbocycles. The molecule has 1 N–H and O–H groups in total. The van der Waals surface area contributed by atoms with Crippen LogP contribution in [-0.4, -0.2) is 58.3 Å². The molecule has 0 atom stereocenters. The van der Waals surface area contributed by atoms with E-state index in [-0.39, 0.29) is 5.91 Å². The number of aromatic nitrogens is 3. The molecule has 0 unspecified atom stereocenters. The van der Waals surface area contributed by atoms with Crippen molar-refractivity contribution < 1.29 is 9.53 Å². The summed E-state index contributed by atoms with van der Waals surface area (Å²) in [6.45, 7) is 3.21. The molecule has 3 heterocycles. The number of ether oxygens (including phenoxy) is 1. The maximum atomic E-state index is 12.0. The van der Waals surface area contributed by atoms with E-state index in [1.165, 1.54) is 0 Å². The van der Waals surface area contributed by atoms with Gasteiger partial charge in [-0.2, -0.15) is 5.10 Å². The number of nitrogens with zero attached hydrogens (tertiary/aromatic N) is 4. The first-order valence-electron chi connectivity index (χ1n) is 6.72. The summed E-state index contributed by atoms with van der Waals surface area (Å²) < 4.78 is 6.98. The number of nitrogens with one attached hydrogen (secondary N) is 1. The standard InChI is InChI=1S/C13H17N5O2/c19-12(17-7-9-20-10-8-17)2-3-14-13-11-1-4-16-18(11)6-5-15-13/h1,4-6H,2-3,7-10H2,(H,14,15). The van der Waals surface area contributed by atoms with Crippen LogP contribution in [0.25, 0.3) is 5.52 Å². The van der Waals surface area contributed by atoms with Gasteiger partial charge in [0.2, 0.25) is 5.91 Å². The molecule has 7 heteroatoms. The smallest absolute Gasteiger partial charge is 0.224 e. The lowest BCUT2D eigenvalue weighted by molar-refractivity contribution is -0.134. The van der Waals surface area contributed by atoms with Crippen LogP contribution in [0.4, 0.5) is 5.82 Å². The predicted octanol–water partition coefficient (Wildman–Crippen LogP) is 0.390. The van der Waals surface area contributed by atoms with Crippen molar-refractivity contribution in [2.24, 2.45) is 0 Å². The second-order valence-electron chi connectivity index (χ2n) is 4.61. The van der Waals surface area contributed by atoms with E-state index in [1.54, 1.807) is 23.1 Å². The number of carbonyl (C=O) groups excluding carboxylic acids is 1. The SMILES string of the molecule is O=C(CCNc1nccn2nccc12)N1CCOCC1. The second-order valence-corrected chi connectivity index (χ2v) is 4.61. The Morgan fingerprint density at radius 1 is 1.35 bits per heavy atom. The van der Waals surface area contributed by atoms with E-state index < -0.39 is 0 Å². The minimum Gasteiger partial charge on any atom is -0.378 e. The molecule has 0 saturated carbocycles. The molecule has 0 spiro atoms. The molecule has 1 saturated heterocycles. The first kappa shape index (κ1) is 12.9. The third-order valence-electron chi connectivity index (χ3n) is 3.32. The van der Waals surface area contributed by atoms with Gasteiger partial charge in [0.15, 0.2) is 5.82 Å². The fraction of sp³-hybridized carbons (Fsp3) is 0.462. The van der Waals surface area contributed by atoms with Gasteiger partial charge in [0, 0.05) is 38.4 Å². The highest BCUT2D eigenvalue weighted by Gasteiger charge is 2.16. The van der Waals surface area contributed by atoms with Crippen LogP contribution in [0.2, 0.25) is 0 Å². The Morgan fingerprint density at radius 3 is 3.05 bits per heavy atom. The normalized spacial score (nSPS) is 15.5. The zero-order valence-corrected chi connectivity index (χ0v) is 11.2. The molecule has 106 valence electrons. The van der Waals surface area contributed by atoms with Crippen LogP contribution in [0.5, 0.6) is 0 Å². The van der Waals surface area contributed by atoms with Gasteiger partial charge in [0.1, 0.15) is 5.52 Å². The predicted molar refractivity (Wildman–Crippen MR) is 73.5 cm³/mol. The molecule has 1 fully saturated rings. The molecule has 0 aromatic carbocycles. The summed E-state index contributed by atoms with van der Waals surface area (Å²) in [4.78, 5) is 18.1. The maximum absolute atomic E-state index is 12.0. The molecule has 2 aromatic heterocycles. The maximum Gasteiger partial charge on any atom is 0.224 e. The Hall–Kier alpha value is -2.15. The van der Waals surface area contributed by atoms with Crippen molar-refractivity contribution in [2.75, 3.05) is 38.2 Å². The first-order chi connectivity index (χ1) is 9.84. The van der Waals surface area contributed by atoms with E-state index in [4.69, 9.17) is 4.74 Å². The molecule has 2 aromatic rings. The summed E-state index contributed by atoms with van der Waals surface area (Å²) in [6.07, 6.45) is 5.66. The molecule has 20 heavy (non-hydrogen) atoms. The number of hydrogen-bond donors (Lipinski definition) is 1. The van der Waals surface area contributed by atoms with E-state index in [9.17, 15) is 4.79 Å². The van der Waals surface area contributed by atoms with Gasteiger partial charge in [-0.05, 0) is 6.07 Å². The molecule has 0 bridgehead atoms. The molecule has 3 rings (SSSR count). The van der Waals surface area contributed by atoms with Crippen molar-refractivity contribution in [3.63, 3.8) is 0 Å². The highest BCUT2D eigenvalue weighted by molar-refractivity contribution is 5.77. The molecule has 1 aliphatic heterocycles. The van der Waals surface area contributed by atoms with Crippen LogP contribution < -0.4 is 5.32 Å². The summed E-state index contributed by atoms with van der Waals surface area (Å²) in [5.41, 5.74) is 0.909. The van der Waals surface area contributed by atoms with Gasteiger partial charge < -0.3 is 15.0 Å². The van der Waals surface area contributed by atoms with Gasteiger partial charge in [-0.1, -0.05) is 0 Å². The Morgan fingerprint density at radius 2 is 2.20 bits per heavy atom. The van der Waals surface area contributed by atoms with Gasteiger partial charge in [0.05, 0.1) is 19.4 Å². The molecular formula is C13H17N5O2. The Bertz CT molecular complexity index is 591. The molecule has 1 amide bonds. The highest BCUT2D eigenvalue weighted by Crippen LogP contribution is 2.12. The number of hydrogen-bond acceptors (Lipinski definition) is 5. The summed E-state index contributed by atoms with van der Waals surface area (Å²) in [5.74, 6) is 0.904. The van der Waals surface area contributed by atoms with Gasteiger partial charge in [-0.15, -0.1) is 0 Å². The summed E-state index contributed by atoms with van der Waals surface area (Å²) in [5, 5.41) is 7.34. The number of morpholine rings is 1. The minimum absolute atomic E-state index is 0.154. The molecule has 1 aliphatic rings. The highest BCUT2D eigenvalue weighted by atomic mass is 16.5. The minimum atomic E-state index is 0.154. The average molecular weight is 275 g/mol. The van der Waals surface area contributed by atoms with Crippen molar-refractivity contribution in [2.45, 2.75) is 6.42 Å². The quantitative estimate of drug-likeness (QED) is 0.874. The third kappa shape index (κ3) is 2.72. The van der Waals surface area contributed by atoms with Gasteiger partial charge in [0.25, 0.3) is 0 Å². The van der Waals surface area contributed by atoms with E-state index >= 15 is 0 Å². The van der Waals surface area contributed by atoms with Crippen molar-refractivity contribution in [3.8, 4) is 0 Å². The van der Waals surface area contributed by atoms with Crippen LogP contribution in [0.15, 0.2) is 24.7 Å². The van der Waals surface area contributed by atoms with Gasteiger partial charge >= 0.3 is 0 Å². The summed E-state index contributed by atoms with van der Waals surface area (Å²) >= 11 is 0. The van der Waals surface area contributed by atoms with E-state index in [1.807, 2.05) is 11.0 Å². The lowest BCUT2D eigenvalue weighted by atomic mass is 10.3. The van der Waals surface area contributed by atoms with Crippen molar-refractivity contribution in [1.82, 2.24) is 19.5 Å². The number of amides is 1. The zero-order chi connectivity index (χ0) is 13.8. The topological polar surface area (TPSA) is 71.8 Å². The zero-order valence-electron chi connectivity index (χ0n) is 11.2. The molecule has 7 nitrogen and oxygen atoms in total. The Kier molecular flexibility index (Phi) is 3.78. The van der Waals surface area contributed by atoms with Gasteiger partial charge in [-0.3, -0.25) is 4.79 Å². The van der Waals surface area contributed by atoms with Crippen LogP contribution in [-0.2, 0) is 9.53 Å². The second kappa shape index (κ2) is 5.87. The number of anilines is 1. The lowest BCUT2D eigenvalue weighted by Gasteiger charge is -2.26. The monoisotopic (exact) mass is 275 g/mol. The Labute approximate surface area is 116 Å². The van der Waals surface area contributed by atoms with Crippen LogP contribution in [0.3, 0.4) is 0 Å². The van der Waals surface area contributed by atoms with E-state index in [0.717, 1.165) is 11.3 Å². The van der Waals surface area contributed by atoms with Crippen LogP contribution in [0, 0.1) is 0 Å². The van der Waals surface area contributed by atoms with Crippen LogP contribution >= 0.6 is 0 Å². The fourth-order valence-electron chi connectivity index (χ4n) is 2.25. The lowest BCUT2D eigenvalue weighted by Crippen LogP contribution is -2.41. The molecule has 0 radical (unpaired) electrons. The van der Waals surface area contributed by atoms with Crippen molar-refractivity contribution in [1.29, 1.82) is 0 Å². The van der Waals surface area contributed by atoms with Crippen LogP contribution in [0.1, 0.15) is 6.42 Å². The number of rotatable bonds is 4. The summed E-state index contributed by atoms with van der Waals surface area (Å²) in [6, 6.07) is 1.89. The van der Waals surface area contributed by atoms with Gasteiger partial charge in [-0.25, -0.2) is 9.50 Å². The van der Waals surface area contributed by atoms with E-state index in [0.29, 0.717) is 39.3 Å². The third-order valence-corrected chi connectivity index (χ3v) is 3.32. The van der Waals surface area contributed by atoms with E-state index in [2.05, 4.69) is 15.4 Å². The average Bonchev–Trinajstić information content (AvgIpc) is 2.97. The summed E-state index contributed by atoms with van der Waals surface area (Å²) in [7, 11) is 0. The number of fused-ring (bicyclic) bond motifs is 1. The fourth-order valence-corrected chi connectivity index (χ4v) is 2.25. The first-order valence-corrected chi connectivity index (χ1v) is 6.72. The Balaban J connectivity index is 1.54. The van der Waals surface area contributed by atoms with Crippen molar-refractivity contribution in [3.05, 3.63) is 24.7 Å². The number of carbonyl (C=O) groups is 1.